The lowest BCUT2D eigenvalue weighted by Crippen LogP contribution is -2.48. The minimum atomic E-state index is -3.89. The fourth-order valence-corrected chi connectivity index (χ4v) is 5.39. The molecule has 0 saturated carbocycles. The Morgan fingerprint density at radius 2 is 1.72 bits per heavy atom. The Morgan fingerprint density at radius 1 is 1.00 bits per heavy atom. The van der Waals surface area contributed by atoms with Crippen LogP contribution in [0.5, 0.6) is 0 Å². The molecule has 1 saturated heterocycles. The van der Waals surface area contributed by atoms with E-state index in [1.54, 1.807) is 36.6 Å². The molecule has 1 aliphatic rings. The summed E-state index contributed by atoms with van der Waals surface area (Å²) in [7, 11) is -3.89. The van der Waals surface area contributed by atoms with Gasteiger partial charge in [0, 0.05) is 12.5 Å². The maximum Gasteiger partial charge on any atom is 0.266 e. The first kappa shape index (κ1) is 19.5. The van der Waals surface area contributed by atoms with Crippen molar-refractivity contribution in [2.45, 2.75) is 30.6 Å². The summed E-state index contributed by atoms with van der Waals surface area (Å²) in [6.45, 7) is 2.04. The van der Waals surface area contributed by atoms with Crippen LogP contribution in [0.2, 0.25) is 0 Å². The summed E-state index contributed by atoms with van der Waals surface area (Å²) in [6.07, 6.45) is 2.58. The monoisotopic (exact) mass is 409 g/mol. The largest absolute Gasteiger partial charge is 0.469 e. The molecule has 2 aromatic carbocycles. The molecule has 0 spiro atoms. The van der Waals surface area contributed by atoms with Gasteiger partial charge >= 0.3 is 0 Å². The number of piperidine rings is 1. The fourth-order valence-electron chi connectivity index (χ4n) is 3.94. The van der Waals surface area contributed by atoms with Crippen LogP contribution in [-0.4, -0.2) is 25.2 Å². The molecule has 3 aromatic rings. The van der Waals surface area contributed by atoms with E-state index in [2.05, 4.69) is 0 Å². The van der Waals surface area contributed by atoms with E-state index in [1.165, 1.54) is 0 Å². The number of aryl methyl sites for hydroxylation is 1. The first-order chi connectivity index (χ1) is 14.0. The first-order valence-electron chi connectivity index (χ1n) is 9.67. The van der Waals surface area contributed by atoms with Gasteiger partial charge in [-0.05, 0) is 49.6 Å². The number of carbonyl (C=O) groups excluding carboxylic acids is 1. The highest BCUT2D eigenvalue weighted by molar-refractivity contribution is 7.89. The number of sulfonamides is 1. The number of rotatable bonds is 5. The van der Waals surface area contributed by atoms with E-state index in [1.807, 2.05) is 43.3 Å². The van der Waals surface area contributed by atoms with E-state index in [4.69, 9.17) is 4.42 Å². The van der Waals surface area contributed by atoms with Crippen molar-refractivity contribution in [1.29, 1.82) is 0 Å². The van der Waals surface area contributed by atoms with Crippen LogP contribution in [-0.2, 0) is 21.2 Å². The number of amides is 1. The lowest BCUT2D eigenvalue weighted by molar-refractivity contribution is -0.134. The number of benzene rings is 2. The summed E-state index contributed by atoms with van der Waals surface area (Å²) in [5.41, 5.74) is 1.96. The van der Waals surface area contributed by atoms with Gasteiger partial charge in [-0.2, -0.15) is 0 Å². The summed E-state index contributed by atoms with van der Waals surface area (Å²) in [6, 6.07) is 19.9. The number of carbonyl (C=O) groups is 1. The van der Waals surface area contributed by atoms with Crippen LogP contribution >= 0.6 is 0 Å². The van der Waals surface area contributed by atoms with E-state index >= 15 is 0 Å². The molecule has 0 N–H and O–H groups in total. The standard InChI is InChI=1S/C23H23NO4S/c1-17-9-11-19(12-10-17)29(26,27)24-14-13-20(22-8-5-15-28-22)21(23(24)25)16-18-6-3-2-4-7-18/h2-12,15,20-21H,13-14,16H2,1H3/t20-,21-/m0/s1. The maximum atomic E-state index is 13.4. The summed E-state index contributed by atoms with van der Waals surface area (Å²) >= 11 is 0. The average Bonchev–Trinajstić information content (AvgIpc) is 3.25. The maximum absolute atomic E-state index is 13.4. The number of hydrogen-bond donors (Lipinski definition) is 0. The molecular formula is C23H23NO4S. The van der Waals surface area contributed by atoms with Crippen molar-refractivity contribution in [3.8, 4) is 0 Å². The van der Waals surface area contributed by atoms with Crippen LogP contribution in [0.3, 0.4) is 0 Å². The predicted molar refractivity (Wildman–Crippen MR) is 110 cm³/mol. The summed E-state index contributed by atoms with van der Waals surface area (Å²) < 4.78 is 33.0. The molecule has 0 aliphatic carbocycles. The van der Waals surface area contributed by atoms with Gasteiger partial charge in [-0.3, -0.25) is 4.79 Å². The van der Waals surface area contributed by atoms with Gasteiger partial charge in [0.25, 0.3) is 10.0 Å². The quantitative estimate of drug-likeness (QED) is 0.635. The Bertz CT molecular complexity index is 1070. The van der Waals surface area contributed by atoms with Crippen LogP contribution in [0.15, 0.2) is 82.3 Å². The minimum Gasteiger partial charge on any atom is -0.469 e. The van der Waals surface area contributed by atoms with Crippen molar-refractivity contribution in [2.75, 3.05) is 6.54 Å². The van der Waals surface area contributed by atoms with E-state index in [0.717, 1.165) is 21.2 Å². The Kier molecular flexibility index (Phi) is 5.28. The smallest absolute Gasteiger partial charge is 0.266 e. The fraction of sp³-hybridized carbons (Fsp3) is 0.261. The molecule has 1 aromatic heterocycles. The van der Waals surface area contributed by atoms with Crippen molar-refractivity contribution in [1.82, 2.24) is 4.31 Å². The zero-order valence-corrected chi connectivity index (χ0v) is 17.0. The summed E-state index contributed by atoms with van der Waals surface area (Å²) in [5.74, 6) is -0.298. The first-order valence-corrected chi connectivity index (χ1v) is 11.1. The molecule has 1 amide bonds. The van der Waals surface area contributed by atoms with Crippen molar-refractivity contribution in [3.05, 3.63) is 89.9 Å². The van der Waals surface area contributed by atoms with E-state index in [-0.39, 0.29) is 23.3 Å². The molecule has 1 fully saturated rings. The third kappa shape index (κ3) is 3.85. The van der Waals surface area contributed by atoms with Crippen LogP contribution in [0.4, 0.5) is 0 Å². The van der Waals surface area contributed by atoms with Crippen LogP contribution < -0.4 is 0 Å². The molecular weight excluding hydrogens is 386 g/mol. The SMILES string of the molecule is Cc1ccc(S(=O)(=O)N2CC[C@H](c3ccco3)[C@H](Cc3ccccc3)C2=O)cc1. The normalized spacial score (nSPS) is 20.0. The third-order valence-corrected chi connectivity index (χ3v) is 7.32. The molecule has 150 valence electrons. The van der Waals surface area contributed by atoms with E-state index in [0.29, 0.717) is 12.8 Å². The van der Waals surface area contributed by atoms with Gasteiger partial charge in [-0.1, -0.05) is 48.0 Å². The lowest BCUT2D eigenvalue weighted by atomic mass is 9.80. The van der Waals surface area contributed by atoms with Gasteiger partial charge in [0.05, 0.1) is 17.1 Å². The van der Waals surface area contributed by atoms with E-state index in [9.17, 15) is 13.2 Å². The molecule has 29 heavy (non-hydrogen) atoms. The second-order valence-corrected chi connectivity index (χ2v) is 9.30. The Hall–Kier alpha value is -2.86. The van der Waals surface area contributed by atoms with Gasteiger partial charge in [-0.15, -0.1) is 0 Å². The molecule has 0 radical (unpaired) electrons. The zero-order chi connectivity index (χ0) is 20.4. The Morgan fingerprint density at radius 3 is 2.38 bits per heavy atom. The molecule has 2 heterocycles. The molecule has 2 atom stereocenters. The number of hydrogen-bond acceptors (Lipinski definition) is 4. The van der Waals surface area contributed by atoms with Crippen molar-refractivity contribution < 1.29 is 17.6 Å². The average molecular weight is 410 g/mol. The van der Waals surface area contributed by atoms with Crippen LogP contribution in [0.25, 0.3) is 0 Å². The van der Waals surface area contributed by atoms with Crippen molar-refractivity contribution in [2.24, 2.45) is 5.92 Å². The van der Waals surface area contributed by atoms with Gasteiger partial charge in [-0.25, -0.2) is 12.7 Å². The van der Waals surface area contributed by atoms with Gasteiger partial charge in [0.2, 0.25) is 5.91 Å². The lowest BCUT2D eigenvalue weighted by Gasteiger charge is -2.36. The molecule has 0 unspecified atom stereocenters. The van der Waals surface area contributed by atoms with E-state index < -0.39 is 15.9 Å². The molecule has 4 rings (SSSR count). The molecule has 1 aliphatic heterocycles. The minimum absolute atomic E-state index is 0.145. The second kappa shape index (κ2) is 7.87. The van der Waals surface area contributed by atoms with Gasteiger partial charge in [0.1, 0.15) is 5.76 Å². The zero-order valence-electron chi connectivity index (χ0n) is 16.2. The third-order valence-electron chi connectivity index (χ3n) is 5.51. The number of furan rings is 1. The topological polar surface area (TPSA) is 67.6 Å². The molecule has 6 heteroatoms. The summed E-state index contributed by atoms with van der Waals surface area (Å²) in [5, 5.41) is 0. The van der Waals surface area contributed by atoms with Gasteiger partial charge < -0.3 is 4.42 Å². The molecule has 5 nitrogen and oxygen atoms in total. The molecule has 0 bridgehead atoms. The summed E-state index contributed by atoms with van der Waals surface area (Å²) in [4.78, 5) is 13.6. The highest BCUT2D eigenvalue weighted by atomic mass is 32.2. The second-order valence-electron chi connectivity index (χ2n) is 7.44. The Labute approximate surface area is 171 Å². The van der Waals surface area contributed by atoms with Crippen molar-refractivity contribution >= 4 is 15.9 Å². The highest BCUT2D eigenvalue weighted by Crippen LogP contribution is 2.38. The highest BCUT2D eigenvalue weighted by Gasteiger charge is 2.43. The predicted octanol–water partition coefficient (Wildman–Crippen LogP) is 4.15. The van der Waals surface area contributed by atoms with Crippen LogP contribution in [0.1, 0.15) is 29.2 Å². The van der Waals surface area contributed by atoms with Crippen molar-refractivity contribution in [3.63, 3.8) is 0 Å². The van der Waals surface area contributed by atoms with Crippen LogP contribution in [0, 0.1) is 12.8 Å². The van der Waals surface area contributed by atoms with Gasteiger partial charge in [0.15, 0.2) is 0 Å². The Balaban J connectivity index is 1.68. The number of nitrogens with zero attached hydrogens (tertiary/aromatic N) is 1.